The molecule has 3 nitrogen and oxygen atoms in total. The maximum atomic E-state index is 13.6. The van der Waals surface area contributed by atoms with E-state index < -0.39 is 6.10 Å². The summed E-state index contributed by atoms with van der Waals surface area (Å²) in [6, 6.07) is 17.9. The molecule has 4 aliphatic carbocycles. The Morgan fingerprint density at radius 2 is 1.57 bits per heavy atom. The SMILES string of the molecule is CC(C)CCC[C@@H](C)[C@H]1CC[C@H]2[C@@H]3[C@H](OC(=O)CCc4ccc(C(O)c5ccccc5)cc4)C[C@H]4CCCC[C@]4(C)[C@H]3CC[C@]12C. The Kier molecular flexibility index (Phi) is 10.4. The first kappa shape index (κ1) is 33.8. The van der Waals surface area contributed by atoms with Gasteiger partial charge in [0.25, 0.3) is 0 Å². The number of hydrogen-bond donors (Lipinski definition) is 1. The van der Waals surface area contributed by atoms with Gasteiger partial charge in [-0.15, -0.1) is 0 Å². The first-order valence-electron chi connectivity index (χ1n) is 19.1. The molecule has 0 aliphatic heterocycles. The van der Waals surface area contributed by atoms with Crippen LogP contribution >= 0.6 is 0 Å². The van der Waals surface area contributed by atoms with Crippen LogP contribution in [-0.2, 0) is 16.0 Å². The van der Waals surface area contributed by atoms with Crippen LogP contribution in [-0.4, -0.2) is 17.2 Å². The summed E-state index contributed by atoms with van der Waals surface area (Å²) in [6.45, 7) is 12.6. The van der Waals surface area contributed by atoms with Gasteiger partial charge in [-0.2, -0.15) is 0 Å². The van der Waals surface area contributed by atoms with Crippen LogP contribution in [0.1, 0.15) is 141 Å². The van der Waals surface area contributed by atoms with Gasteiger partial charge in [0.15, 0.2) is 0 Å². The molecule has 0 spiro atoms. The molecular weight excluding hydrogens is 564 g/mol. The summed E-state index contributed by atoms with van der Waals surface area (Å²) in [5, 5.41) is 10.8. The number of rotatable bonds is 11. The Bertz CT molecular complexity index is 1280. The van der Waals surface area contributed by atoms with E-state index in [4.69, 9.17) is 4.74 Å². The van der Waals surface area contributed by atoms with Gasteiger partial charge in [0.1, 0.15) is 12.2 Å². The third-order valence-electron chi connectivity index (χ3n) is 14.1. The van der Waals surface area contributed by atoms with Crippen LogP contribution in [0.4, 0.5) is 0 Å². The van der Waals surface area contributed by atoms with Crippen LogP contribution in [0.25, 0.3) is 0 Å². The Balaban J connectivity index is 1.13. The first-order valence-corrected chi connectivity index (χ1v) is 19.1. The highest BCUT2D eigenvalue weighted by Crippen LogP contribution is 2.68. The number of benzene rings is 2. The van der Waals surface area contributed by atoms with Crippen LogP contribution in [0.15, 0.2) is 54.6 Å². The lowest BCUT2D eigenvalue weighted by atomic mass is 9.44. The van der Waals surface area contributed by atoms with Crippen molar-refractivity contribution in [2.45, 2.75) is 137 Å². The smallest absolute Gasteiger partial charge is 0.306 e. The lowest BCUT2D eigenvalue weighted by Gasteiger charge is -2.62. The monoisotopic (exact) mass is 626 g/mol. The summed E-state index contributed by atoms with van der Waals surface area (Å²) in [5.74, 6) is 4.97. The third kappa shape index (κ3) is 6.74. The molecule has 1 N–H and O–H groups in total. The van der Waals surface area contributed by atoms with Gasteiger partial charge in [-0.3, -0.25) is 4.79 Å². The Morgan fingerprint density at radius 1 is 0.848 bits per heavy atom. The number of hydrogen-bond acceptors (Lipinski definition) is 3. The quantitative estimate of drug-likeness (QED) is 0.252. The van der Waals surface area contributed by atoms with Crippen LogP contribution < -0.4 is 0 Å². The first-order chi connectivity index (χ1) is 22.1. The van der Waals surface area contributed by atoms with Crippen molar-refractivity contribution in [2.75, 3.05) is 0 Å². The van der Waals surface area contributed by atoms with Gasteiger partial charge in [0.2, 0.25) is 0 Å². The van der Waals surface area contributed by atoms with Crippen molar-refractivity contribution in [3.8, 4) is 0 Å². The van der Waals surface area contributed by atoms with E-state index in [2.05, 4.69) is 46.8 Å². The van der Waals surface area contributed by atoms with Gasteiger partial charge in [0.05, 0.1) is 0 Å². The van der Waals surface area contributed by atoms with Crippen molar-refractivity contribution in [3.63, 3.8) is 0 Å². The van der Waals surface area contributed by atoms with Crippen molar-refractivity contribution in [1.29, 1.82) is 0 Å². The zero-order valence-corrected chi connectivity index (χ0v) is 29.6. The standard InChI is InChI=1S/C43H62O3/c1-29(2)12-11-13-30(3)35-22-23-36-40-37(25-27-43(35,36)5)42(4)26-10-9-16-34(42)28-38(40)46-39(44)24-19-31-17-20-33(21-18-31)41(45)32-14-7-6-8-15-32/h6-8,14-15,17-18,20-21,29-30,34-38,40-41,45H,9-13,16,19,22-28H2,1-5H3/t30-,34-,35-,36+,37+,38-,40+,41?,42+,43-/m1/s1. The van der Waals surface area contributed by atoms with Gasteiger partial charge < -0.3 is 9.84 Å². The molecule has 2 aromatic carbocycles. The maximum absolute atomic E-state index is 13.6. The molecule has 10 atom stereocenters. The van der Waals surface area contributed by atoms with E-state index in [9.17, 15) is 9.90 Å². The van der Waals surface area contributed by atoms with Gasteiger partial charge >= 0.3 is 5.97 Å². The summed E-state index contributed by atoms with van der Waals surface area (Å²) in [6.07, 6.45) is 16.5. The number of aryl methyl sites for hydroxylation is 1. The van der Waals surface area contributed by atoms with Crippen molar-refractivity contribution in [1.82, 2.24) is 0 Å². The second kappa shape index (κ2) is 14.2. The highest BCUT2D eigenvalue weighted by Gasteiger charge is 2.63. The molecule has 0 bridgehead atoms. The topological polar surface area (TPSA) is 46.5 Å². The number of carbonyl (C=O) groups is 1. The Hall–Kier alpha value is -2.13. The van der Waals surface area contributed by atoms with Gasteiger partial charge in [0, 0.05) is 12.3 Å². The lowest BCUT2D eigenvalue weighted by Crippen LogP contribution is -2.58. The summed E-state index contributed by atoms with van der Waals surface area (Å²) in [4.78, 5) is 13.6. The van der Waals surface area contributed by atoms with E-state index in [-0.39, 0.29) is 12.1 Å². The predicted octanol–water partition coefficient (Wildman–Crippen LogP) is 10.7. The zero-order valence-electron chi connectivity index (χ0n) is 29.6. The van der Waals surface area contributed by atoms with Crippen molar-refractivity contribution >= 4 is 5.97 Å². The van der Waals surface area contributed by atoms with E-state index in [1.165, 1.54) is 70.6 Å². The average Bonchev–Trinajstić information content (AvgIpc) is 3.41. The van der Waals surface area contributed by atoms with Gasteiger partial charge in [-0.25, -0.2) is 0 Å². The molecule has 0 heterocycles. The molecule has 0 amide bonds. The largest absolute Gasteiger partial charge is 0.462 e. The van der Waals surface area contributed by atoms with Crippen LogP contribution in [0, 0.1) is 52.3 Å². The summed E-state index contributed by atoms with van der Waals surface area (Å²) in [7, 11) is 0. The minimum absolute atomic E-state index is 0.0135. The number of esters is 1. The second-order valence-electron chi connectivity index (χ2n) is 17.1. The van der Waals surface area contributed by atoms with E-state index in [1.54, 1.807) is 0 Å². The normalized spacial score (nSPS) is 35.1. The molecule has 0 aromatic heterocycles. The van der Waals surface area contributed by atoms with Crippen LogP contribution in [0.3, 0.4) is 0 Å². The molecule has 3 heteroatoms. The lowest BCUT2D eigenvalue weighted by molar-refractivity contribution is -0.190. The molecule has 2 aromatic rings. The maximum Gasteiger partial charge on any atom is 0.306 e. The number of ether oxygens (including phenoxy) is 1. The molecule has 252 valence electrons. The molecule has 0 radical (unpaired) electrons. The summed E-state index contributed by atoms with van der Waals surface area (Å²) < 4.78 is 6.66. The summed E-state index contributed by atoms with van der Waals surface area (Å²) >= 11 is 0. The van der Waals surface area contributed by atoms with E-state index in [0.29, 0.717) is 47.3 Å². The minimum atomic E-state index is -0.635. The highest BCUT2D eigenvalue weighted by atomic mass is 16.5. The summed E-state index contributed by atoms with van der Waals surface area (Å²) in [5.41, 5.74) is 3.70. The molecule has 46 heavy (non-hydrogen) atoms. The predicted molar refractivity (Wildman–Crippen MR) is 188 cm³/mol. The molecule has 0 saturated heterocycles. The molecule has 6 rings (SSSR count). The minimum Gasteiger partial charge on any atom is -0.462 e. The number of fused-ring (bicyclic) bond motifs is 5. The fourth-order valence-corrected chi connectivity index (χ4v) is 11.5. The third-order valence-corrected chi connectivity index (χ3v) is 14.1. The fourth-order valence-electron chi connectivity index (χ4n) is 11.5. The van der Waals surface area contributed by atoms with Crippen molar-refractivity contribution < 1.29 is 14.6 Å². The fraction of sp³-hybridized carbons (Fsp3) is 0.698. The molecule has 4 aliphatic rings. The van der Waals surface area contributed by atoms with E-state index >= 15 is 0 Å². The van der Waals surface area contributed by atoms with Crippen molar-refractivity contribution in [3.05, 3.63) is 71.3 Å². The van der Waals surface area contributed by atoms with Crippen molar-refractivity contribution in [2.24, 2.45) is 52.3 Å². The second-order valence-corrected chi connectivity index (χ2v) is 17.1. The molecule has 1 unspecified atom stereocenters. The molecule has 4 saturated carbocycles. The van der Waals surface area contributed by atoms with Crippen LogP contribution in [0.2, 0.25) is 0 Å². The van der Waals surface area contributed by atoms with Gasteiger partial charge in [-0.05, 0) is 114 Å². The van der Waals surface area contributed by atoms with Crippen LogP contribution in [0.5, 0.6) is 0 Å². The average molecular weight is 627 g/mol. The Labute approximate surface area is 280 Å². The number of aliphatic hydroxyl groups is 1. The molecule has 4 fully saturated rings. The number of carbonyl (C=O) groups excluding carboxylic acids is 1. The zero-order chi connectivity index (χ0) is 32.5. The van der Waals surface area contributed by atoms with Gasteiger partial charge in [-0.1, -0.05) is 121 Å². The van der Waals surface area contributed by atoms with E-state index in [1.807, 2.05) is 42.5 Å². The Morgan fingerprint density at radius 3 is 2.30 bits per heavy atom. The van der Waals surface area contributed by atoms with E-state index in [0.717, 1.165) is 40.9 Å². The highest BCUT2D eigenvalue weighted by molar-refractivity contribution is 5.70. The number of aliphatic hydroxyl groups excluding tert-OH is 1. The molecular formula is C43H62O3.